The summed E-state index contributed by atoms with van der Waals surface area (Å²) in [6.07, 6.45) is 1.69. The maximum Gasteiger partial charge on any atom is 0.141 e. The molecular weight excluding hydrogens is 348 g/mol. The molecule has 5 rings (SSSR count). The second-order valence-corrected chi connectivity index (χ2v) is 7.52. The van der Waals surface area contributed by atoms with E-state index in [2.05, 4.69) is 71.7 Å². The maximum absolute atomic E-state index is 9.12. The van der Waals surface area contributed by atoms with E-state index in [4.69, 9.17) is 5.26 Å². The van der Waals surface area contributed by atoms with Crippen molar-refractivity contribution < 1.29 is 0 Å². The number of pyridine rings is 1. The summed E-state index contributed by atoms with van der Waals surface area (Å²) in [5.41, 5.74) is 5.01. The first-order valence-electron chi connectivity index (χ1n) is 8.70. The number of nitrogens with zero attached hydrogens (tertiary/aromatic N) is 2. The molecule has 0 saturated carbocycles. The molecule has 0 aliphatic rings. The number of nitriles is 1. The molecule has 2 heterocycles. The van der Waals surface area contributed by atoms with E-state index in [0.29, 0.717) is 5.69 Å². The van der Waals surface area contributed by atoms with E-state index in [0.717, 1.165) is 11.1 Å². The second kappa shape index (κ2) is 6.35. The first-order chi connectivity index (χ1) is 13.3. The third kappa shape index (κ3) is 2.77. The third-order valence-electron chi connectivity index (χ3n) is 4.78. The molecule has 0 saturated heterocycles. The van der Waals surface area contributed by atoms with Gasteiger partial charge in [-0.05, 0) is 58.7 Å². The van der Waals surface area contributed by atoms with Gasteiger partial charge in [-0.1, -0.05) is 42.5 Å². The number of hydrogen-bond donors (Lipinski definition) is 0. The summed E-state index contributed by atoms with van der Waals surface area (Å²) >= 11 is 1.81. The Hall–Kier alpha value is -3.48. The molecule has 3 heteroatoms. The Morgan fingerprint density at radius 1 is 0.667 bits per heavy atom. The summed E-state index contributed by atoms with van der Waals surface area (Å²) in [7, 11) is 0. The van der Waals surface area contributed by atoms with Gasteiger partial charge in [-0.2, -0.15) is 5.26 Å². The first-order valence-corrected chi connectivity index (χ1v) is 9.52. The molecule has 126 valence electrons. The lowest BCUT2D eigenvalue weighted by Gasteiger charge is -2.04. The fourth-order valence-electron chi connectivity index (χ4n) is 3.44. The molecule has 0 aliphatic heterocycles. The van der Waals surface area contributed by atoms with E-state index in [1.165, 1.54) is 31.3 Å². The fraction of sp³-hybridized carbons (Fsp3) is 0. The highest BCUT2D eigenvalue weighted by atomic mass is 32.1. The van der Waals surface area contributed by atoms with E-state index in [-0.39, 0.29) is 0 Å². The van der Waals surface area contributed by atoms with Crippen LogP contribution < -0.4 is 0 Å². The Morgan fingerprint density at radius 2 is 1.30 bits per heavy atom. The van der Waals surface area contributed by atoms with Gasteiger partial charge < -0.3 is 0 Å². The first kappa shape index (κ1) is 15.7. The minimum atomic E-state index is 0.439. The van der Waals surface area contributed by atoms with Crippen LogP contribution in [0.2, 0.25) is 0 Å². The highest BCUT2D eigenvalue weighted by Gasteiger charge is 2.09. The van der Waals surface area contributed by atoms with Gasteiger partial charge in [-0.3, -0.25) is 0 Å². The molecule has 2 nitrogen and oxygen atoms in total. The smallest absolute Gasteiger partial charge is 0.141 e. The van der Waals surface area contributed by atoms with Gasteiger partial charge in [-0.25, -0.2) is 4.98 Å². The molecule has 0 fully saturated rings. The zero-order valence-corrected chi connectivity index (χ0v) is 15.2. The van der Waals surface area contributed by atoms with Gasteiger partial charge in [0, 0.05) is 26.4 Å². The molecule has 0 N–H and O–H groups in total. The summed E-state index contributed by atoms with van der Waals surface area (Å²) in [6, 6.07) is 29.6. The van der Waals surface area contributed by atoms with E-state index in [1.807, 2.05) is 29.5 Å². The largest absolute Gasteiger partial charge is 0.246 e. The lowest BCUT2D eigenvalue weighted by atomic mass is 10.0. The highest BCUT2D eigenvalue weighted by molar-refractivity contribution is 7.25. The minimum absolute atomic E-state index is 0.439. The summed E-state index contributed by atoms with van der Waals surface area (Å²) in [4.78, 5) is 4.07. The van der Waals surface area contributed by atoms with Crippen molar-refractivity contribution in [2.45, 2.75) is 0 Å². The zero-order valence-electron chi connectivity index (χ0n) is 14.4. The summed E-state index contributed by atoms with van der Waals surface area (Å²) in [6.45, 7) is 0. The van der Waals surface area contributed by atoms with Crippen LogP contribution in [0.1, 0.15) is 5.69 Å². The monoisotopic (exact) mass is 362 g/mol. The van der Waals surface area contributed by atoms with Crippen molar-refractivity contribution in [2.24, 2.45) is 0 Å². The van der Waals surface area contributed by atoms with Crippen LogP contribution in [0.25, 0.3) is 42.4 Å². The van der Waals surface area contributed by atoms with Crippen molar-refractivity contribution in [1.29, 1.82) is 5.26 Å². The molecule has 0 radical (unpaired) electrons. The number of benzene rings is 3. The van der Waals surface area contributed by atoms with Crippen molar-refractivity contribution in [2.75, 3.05) is 0 Å². The van der Waals surface area contributed by atoms with E-state index in [1.54, 1.807) is 6.20 Å². The van der Waals surface area contributed by atoms with Crippen LogP contribution in [0, 0.1) is 11.3 Å². The molecule has 0 atom stereocenters. The van der Waals surface area contributed by atoms with Gasteiger partial charge in [0.05, 0.1) is 0 Å². The fourth-order valence-corrected chi connectivity index (χ4v) is 4.51. The van der Waals surface area contributed by atoms with Crippen LogP contribution in [0.4, 0.5) is 0 Å². The number of thiophene rings is 1. The Balaban J connectivity index is 1.71. The average molecular weight is 362 g/mol. The van der Waals surface area contributed by atoms with E-state index >= 15 is 0 Å². The number of fused-ring (bicyclic) bond motifs is 3. The topological polar surface area (TPSA) is 36.7 Å². The molecule has 3 aromatic carbocycles. The van der Waals surface area contributed by atoms with Gasteiger partial charge in [0.1, 0.15) is 11.8 Å². The number of hydrogen-bond acceptors (Lipinski definition) is 3. The lowest BCUT2D eigenvalue weighted by Crippen LogP contribution is -1.84. The lowest BCUT2D eigenvalue weighted by molar-refractivity contribution is 1.27. The van der Waals surface area contributed by atoms with Gasteiger partial charge in [-0.15, -0.1) is 11.3 Å². The predicted octanol–water partition coefficient (Wildman–Crippen LogP) is 6.66. The van der Waals surface area contributed by atoms with Gasteiger partial charge in [0.2, 0.25) is 0 Å². The van der Waals surface area contributed by atoms with Crippen molar-refractivity contribution in [3.05, 3.63) is 90.8 Å². The zero-order chi connectivity index (χ0) is 18.2. The Morgan fingerprint density at radius 3 is 1.96 bits per heavy atom. The van der Waals surface area contributed by atoms with Crippen molar-refractivity contribution >= 4 is 31.5 Å². The highest BCUT2D eigenvalue weighted by Crippen LogP contribution is 2.38. The Labute approximate surface area is 161 Å². The SMILES string of the molecule is N#Cc1cc(-c2ccc3sc4ccc(-c5ccccc5)cc4c3c2)ccn1. The molecule has 2 aromatic heterocycles. The van der Waals surface area contributed by atoms with Gasteiger partial charge in [0.15, 0.2) is 0 Å². The number of rotatable bonds is 2. The quantitative estimate of drug-likeness (QED) is 0.352. The summed E-state index contributed by atoms with van der Waals surface area (Å²) in [5, 5.41) is 11.6. The van der Waals surface area contributed by atoms with Crippen LogP contribution in [-0.2, 0) is 0 Å². The van der Waals surface area contributed by atoms with Crippen LogP contribution in [0.3, 0.4) is 0 Å². The van der Waals surface area contributed by atoms with Crippen molar-refractivity contribution in [1.82, 2.24) is 4.98 Å². The van der Waals surface area contributed by atoms with E-state index < -0.39 is 0 Å². The Bertz CT molecular complexity index is 1330. The Kier molecular flexibility index (Phi) is 3.71. The molecule has 27 heavy (non-hydrogen) atoms. The van der Waals surface area contributed by atoms with Crippen LogP contribution >= 0.6 is 11.3 Å². The van der Waals surface area contributed by atoms with Crippen molar-refractivity contribution in [3.8, 4) is 28.3 Å². The molecular formula is C24H14N2S. The third-order valence-corrected chi connectivity index (χ3v) is 5.94. The van der Waals surface area contributed by atoms with Gasteiger partial charge in [0.25, 0.3) is 0 Å². The maximum atomic E-state index is 9.12. The second-order valence-electron chi connectivity index (χ2n) is 6.43. The van der Waals surface area contributed by atoms with Crippen molar-refractivity contribution in [3.63, 3.8) is 0 Å². The number of aromatic nitrogens is 1. The molecule has 0 bridgehead atoms. The normalized spacial score (nSPS) is 10.9. The molecule has 0 amide bonds. The molecule has 0 aliphatic carbocycles. The minimum Gasteiger partial charge on any atom is -0.246 e. The van der Waals surface area contributed by atoms with Crippen LogP contribution in [0.5, 0.6) is 0 Å². The standard InChI is InChI=1S/C24H14N2S/c25-15-20-12-19(10-11-26-20)18-7-9-24-22(14-18)21-13-17(6-8-23(21)27-24)16-4-2-1-3-5-16/h1-14H. The molecule has 0 unspecified atom stereocenters. The molecule has 0 spiro atoms. The summed E-state index contributed by atoms with van der Waals surface area (Å²) in [5.74, 6) is 0. The van der Waals surface area contributed by atoms with E-state index in [9.17, 15) is 0 Å². The predicted molar refractivity (Wildman–Crippen MR) is 113 cm³/mol. The van der Waals surface area contributed by atoms with Crippen LogP contribution in [-0.4, -0.2) is 4.98 Å². The van der Waals surface area contributed by atoms with Crippen LogP contribution in [0.15, 0.2) is 85.1 Å². The average Bonchev–Trinajstić information content (AvgIpc) is 3.11. The van der Waals surface area contributed by atoms with Gasteiger partial charge >= 0.3 is 0 Å². The summed E-state index contributed by atoms with van der Waals surface area (Å²) < 4.78 is 2.56. The molecule has 5 aromatic rings.